The summed E-state index contributed by atoms with van der Waals surface area (Å²) in [6.45, 7) is -0.428. The molecule has 8 nitrogen and oxygen atoms in total. The smallest absolute Gasteiger partial charge is 0.322 e. The van der Waals surface area contributed by atoms with E-state index < -0.39 is 24.3 Å². The SMILES string of the molecule is O=C(CN1C(=O)c2ccccc2C1=O)Nc1nnc(-c2cccs2)o1. The number of carbonyl (C=O) groups is 3. The second-order valence-corrected chi connectivity index (χ2v) is 6.13. The minimum atomic E-state index is -0.601. The van der Waals surface area contributed by atoms with Crippen molar-refractivity contribution in [3.63, 3.8) is 0 Å². The van der Waals surface area contributed by atoms with E-state index in [9.17, 15) is 14.4 Å². The summed E-state index contributed by atoms with van der Waals surface area (Å²) in [5.74, 6) is -1.32. The number of hydrogen-bond acceptors (Lipinski definition) is 7. The van der Waals surface area contributed by atoms with Crippen LogP contribution in [0.1, 0.15) is 20.7 Å². The van der Waals surface area contributed by atoms with E-state index in [0.717, 1.165) is 9.78 Å². The largest absolute Gasteiger partial charge is 0.402 e. The van der Waals surface area contributed by atoms with Gasteiger partial charge in [-0.25, -0.2) is 0 Å². The van der Waals surface area contributed by atoms with Crippen LogP contribution in [0.3, 0.4) is 0 Å². The third kappa shape index (κ3) is 2.70. The van der Waals surface area contributed by atoms with Gasteiger partial charge >= 0.3 is 6.01 Å². The highest BCUT2D eigenvalue weighted by Gasteiger charge is 2.36. The zero-order valence-electron chi connectivity index (χ0n) is 12.6. The van der Waals surface area contributed by atoms with Crippen molar-refractivity contribution in [2.24, 2.45) is 0 Å². The van der Waals surface area contributed by atoms with E-state index in [1.54, 1.807) is 24.3 Å². The molecule has 124 valence electrons. The van der Waals surface area contributed by atoms with E-state index in [1.165, 1.54) is 11.3 Å². The lowest BCUT2D eigenvalue weighted by atomic mass is 10.1. The van der Waals surface area contributed by atoms with E-state index in [0.29, 0.717) is 0 Å². The summed E-state index contributed by atoms with van der Waals surface area (Å²) in [5.41, 5.74) is 0.580. The first kappa shape index (κ1) is 15.2. The topological polar surface area (TPSA) is 105 Å². The average molecular weight is 354 g/mol. The van der Waals surface area contributed by atoms with Crippen LogP contribution < -0.4 is 5.32 Å². The highest BCUT2D eigenvalue weighted by Crippen LogP contribution is 2.25. The van der Waals surface area contributed by atoms with Crippen molar-refractivity contribution >= 4 is 35.1 Å². The van der Waals surface area contributed by atoms with Gasteiger partial charge in [-0.05, 0) is 23.6 Å². The van der Waals surface area contributed by atoms with Gasteiger partial charge < -0.3 is 4.42 Å². The molecule has 2 aromatic heterocycles. The summed E-state index contributed by atoms with van der Waals surface area (Å²) in [6, 6.07) is 9.99. The van der Waals surface area contributed by atoms with Gasteiger partial charge in [-0.1, -0.05) is 23.3 Å². The second-order valence-electron chi connectivity index (χ2n) is 5.18. The molecule has 0 aliphatic carbocycles. The Hall–Kier alpha value is -3.33. The molecule has 1 N–H and O–H groups in total. The van der Waals surface area contributed by atoms with Crippen molar-refractivity contribution < 1.29 is 18.8 Å². The highest BCUT2D eigenvalue weighted by molar-refractivity contribution is 7.13. The second kappa shape index (κ2) is 5.95. The van der Waals surface area contributed by atoms with Crippen LogP contribution in [-0.4, -0.2) is 39.4 Å². The van der Waals surface area contributed by atoms with Gasteiger partial charge in [-0.15, -0.1) is 16.4 Å². The maximum Gasteiger partial charge on any atom is 0.322 e. The Morgan fingerprint density at radius 2 is 1.80 bits per heavy atom. The number of fused-ring (bicyclic) bond motifs is 1. The molecule has 3 amide bonds. The van der Waals surface area contributed by atoms with Crippen LogP contribution >= 0.6 is 11.3 Å². The molecule has 0 fully saturated rings. The van der Waals surface area contributed by atoms with E-state index in [2.05, 4.69) is 15.5 Å². The summed E-state index contributed by atoms with van der Waals surface area (Å²) >= 11 is 1.42. The normalized spacial score (nSPS) is 13.2. The number of amides is 3. The third-order valence-corrected chi connectivity index (χ3v) is 4.44. The first-order valence-electron chi connectivity index (χ1n) is 7.26. The molecule has 0 bridgehead atoms. The van der Waals surface area contributed by atoms with E-state index in [1.807, 2.05) is 17.5 Å². The number of aromatic nitrogens is 2. The number of anilines is 1. The van der Waals surface area contributed by atoms with Crippen LogP contribution in [0.2, 0.25) is 0 Å². The first-order valence-corrected chi connectivity index (χ1v) is 8.14. The molecule has 0 saturated carbocycles. The lowest BCUT2D eigenvalue weighted by molar-refractivity contribution is -0.116. The van der Waals surface area contributed by atoms with Crippen molar-refractivity contribution in [2.45, 2.75) is 0 Å². The number of rotatable bonds is 4. The number of hydrogen-bond donors (Lipinski definition) is 1. The molecule has 1 aliphatic rings. The highest BCUT2D eigenvalue weighted by atomic mass is 32.1. The molecule has 0 unspecified atom stereocenters. The quantitative estimate of drug-likeness (QED) is 0.719. The summed E-state index contributed by atoms with van der Waals surface area (Å²) in [7, 11) is 0. The van der Waals surface area contributed by atoms with Crippen LogP contribution in [-0.2, 0) is 4.79 Å². The average Bonchev–Trinajstić information content (AvgIpc) is 3.33. The molecule has 0 saturated heterocycles. The van der Waals surface area contributed by atoms with Gasteiger partial charge in [0.25, 0.3) is 17.7 Å². The Morgan fingerprint density at radius 3 is 2.44 bits per heavy atom. The molecular formula is C16H10N4O4S. The lowest BCUT2D eigenvalue weighted by Gasteiger charge is -2.12. The summed E-state index contributed by atoms with van der Waals surface area (Å²) in [6.07, 6.45) is 0. The summed E-state index contributed by atoms with van der Waals surface area (Å²) in [4.78, 5) is 38.2. The summed E-state index contributed by atoms with van der Waals surface area (Å²) < 4.78 is 5.35. The molecule has 3 heterocycles. The Morgan fingerprint density at radius 1 is 1.08 bits per heavy atom. The van der Waals surface area contributed by atoms with E-state index in [4.69, 9.17) is 4.42 Å². The van der Waals surface area contributed by atoms with Crippen molar-refractivity contribution in [1.82, 2.24) is 15.1 Å². The number of benzene rings is 1. The molecule has 25 heavy (non-hydrogen) atoms. The first-order chi connectivity index (χ1) is 12.1. The maximum atomic E-state index is 12.2. The zero-order valence-corrected chi connectivity index (χ0v) is 13.4. The molecule has 0 spiro atoms. The Labute approximate surface area is 145 Å². The Kier molecular flexibility index (Phi) is 3.62. The third-order valence-electron chi connectivity index (χ3n) is 3.58. The van der Waals surface area contributed by atoms with Gasteiger partial charge in [0.2, 0.25) is 5.91 Å². The van der Waals surface area contributed by atoms with Gasteiger partial charge in [0.15, 0.2) is 0 Å². The fraction of sp³-hybridized carbons (Fsp3) is 0.0625. The Balaban J connectivity index is 1.45. The van der Waals surface area contributed by atoms with Crippen LogP contribution in [0, 0.1) is 0 Å². The molecule has 4 rings (SSSR count). The van der Waals surface area contributed by atoms with E-state index in [-0.39, 0.29) is 23.0 Å². The van der Waals surface area contributed by atoms with Gasteiger partial charge in [-0.2, -0.15) is 0 Å². The monoisotopic (exact) mass is 354 g/mol. The molecule has 9 heteroatoms. The van der Waals surface area contributed by atoms with Crippen LogP contribution in [0.25, 0.3) is 10.8 Å². The van der Waals surface area contributed by atoms with Crippen molar-refractivity contribution in [2.75, 3.05) is 11.9 Å². The van der Waals surface area contributed by atoms with Gasteiger partial charge in [0.05, 0.1) is 16.0 Å². The number of nitrogens with zero attached hydrogens (tertiary/aromatic N) is 3. The molecule has 0 atom stereocenters. The fourth-order valence-electron chi connectivity index (χ4n) is 2.46. The maximum absolute atomic E-state index is 12.2. The number of thiophene rings is 1. The van der Waals surface area contributed by atoms with Gasteiger partial charge in [-0.3, -0.25) is 24.6 Å². The standard InChI is InChI=1S/C16H10N4O4S/c21-12(17-16-19-18-13(24-16)11-6-3-7-25-11)8-20-14(22)9-4-1-2-5-10(9)15(20)23/h1-7H,8H2,(H,17,19,21). The van der Waals surface area contributed by atoms with Crippen LogP contribution in [0.5, 0.6) is 0 Å². The lowest BCUT2D eigenvalue weighted by Crippen LogP contribution is -2.37. The number of carbonyl (C=O) groups excluding carboxylic acids is 3. The van der Waals surface area contributed by atoms with Crippen molar-refractivity contribution in [1.29, 1.82) is 0 Å². The van der Waals surface area contributed by atoms with Gasteiger partial charge in [0, 0.05) is 0 Å². The van der Waals surface area contributed by atoms with Crippen molar-refractivity contribution in [3.05, 3.63) is 52.9 Å². The minimum absolute atomic E-state index is 0.0926. The van der Waals surface area contributed by atoms with Crippen LogP contribution in [0.4, 0.5) is 6.01 Å². The van der Waals surface area contributed by atoms with Crippen LogP contribution in [0.15, 0.2) is 46.2 Å². The molecule has 1 aromatic carbocycles. The number of nitrogens with one attached hydrogen (secondary N) is 1. The minimum Gasteiger partial charge on any atom is -0.402 e. The predicted octanol–water partition coefficient (Wildman–Crippen LogP) is 2.03. The van der Waals surface area contributed by atoms with E-state index >= 15 is 0 Å². The molecule has 3 aromatic rings. The fourth-order valence-corrected chi connectivity index (χ4v) is 3.10. The predicted molar refractivity (Wildman–Crippen MR) is 88.0 cm³/mol. The summed E-state index contributed by atoms with van der Waals surface area (Å²) in [5, 5.41) is 11.8. The molecule has 0 radical (unpaired) electrons. The van der Waals surface area contributed by atoms with Crippen molar-refractivity contribution in [3.8, 4) is 10.8 Å². The van der Waals surface area contributed by atoms with Gasteiger partial charge in [0.1, 0.15) is 6.54 Å². The number of imide groups is 1. The zero-order chi connectivity index (χ0) is 17.4. The Bertz CT molecular complexity index is 945. The molecular weight excluding hydrogens is 344 g/mol. The molecule has 1 aliphatic heterocycles.